The molecule has 19 heteroatoms. The Balaban J connectivity index is 1.74. The van der Waals surface area contributed by atoms with Crippen LogP contribution in [0.5, 0.6) is 0 Å². The van der Waals surface area contributed by atoms with E-state index in [1.165, 1.54) is 30.5 Å². The van der Waals surface area contributed by atoms with Crippen molar-refractivity contribution in [2.45, 2.75) is 18.6 Å². The maximum atomic E-state index is 13.6. The quantitative estimate of drug-likeness (QED) is 0.297. The number of nitrogens with two attached hydrogens (primary N) is 1. The Morgan fingerprint density at radius 2 is 1.74 bits per heavy atom. The summed E-state index contributed by atoms with van der Waals surface area (Å²) in [5.41, 5.74) is 4.59. The molecule has 4 rings (SSSR count). The molecule has 3 N–H and O–H groups in total. The number of carbonyl (C=O) groups is 2. The number of primary amides is 1. The van der Waals surface area contributed by atoms with E-state index in [1.54, 1.807) is 0 Å². The molecule has 0 saturated heterocycles. The molecule has 0 aliphatic rings. The van der Waals surface area contributed by atoms with E-state index in [0.717, 1.165) is 10.7 Å². The SMILES string of the molecule is NC(=O)c1cc(Cl)cc(Cl)c1NC(=O)c1cc(Cn2nnc(C(F)(F)C(F)(F)F)n2)nn1-c1ncccc1Cl. The van der Waals surface area contributed by atoms with Gasteiger partial charge in [0, 0.05) is 11.2 Å². The molecule has 204 valence electrons. The Labute approximate surface area is 228 Å². The van der Waals surface area contributed by atoms with E-state index in [-0.39, 0.29) is 43.5 Å². The summed E-state index contributed by atoms with van der Waals surface area (Å²) in [6.07, 6.45) is -4.62. The summed E-state index contributed by atoms with van der Waals surface area (Å²) < 4.78 is 66.0. The summed E-state index contributed by atoms with van der Waals surface area (Å²) in [5.74, 6) is -9.16. The largest absolute Gasteiger partial charge is 0.461 e. The first kappa shape index (κ1) is 28.1. The minimum absolute atomic E-state index is 0.0366. The highest BCUT2D eigenvalue weighted by molar-refractivity contribution is 6.38. The van der Waals surface area contributed by atoms with Crippen LogP contribution in [0.15, 0.2) is 36.5 Å². The first-order valence-corrected chi connectivity index (χ1v) is 11.3. The van der Waals surface area contributed by atoms with Crippen LogP contribution in [0, 0.1) is 0 Å². The van der Waals surface area contributed by atoms with Crippen molar-refractivity contribution in [2.24, 2.45) is 5.73 Å². The van der Waals surface area contributed by atoms with Crippen molar-refractivity contribution in [3.8, 4) is 5.82 Å². The van der Waals surface area contributed by atoms with Crippen molar-refractivity contribution in [1.82, 2.24) is 35.0 Å². The molecular weight excluding hydrogens is 600 g/mol. The minimum Gasteiger partial charge on any atom is -0.366 e. The zero-order valence-electron chi connectivity index (χ0n) is 18.7. The van der Waals surface area contributed by atoms with Crippen molar-refractivity contribution in [3.05, 3.63) is 74.4 Å². The molecule has 3 heterocycles. The number of nitrogens with one attached hydrogen (secondary N) is 1. The lowest BCUT2D eigenvalue weighted by Gasteiger charge is -2.14. The first-order chi connectivity index (χ1) is 18.2. The Morgan fingerprint density at radius 3 is 2.38 bits per heavy atom. The number of pyridine rings is 1. The van der Waals surface area contributed by atoms with Crippen LogP contribution in [0.1, 0.15) is 32.4 Å². The molecule has 0 spiro atoms. The van der Waals surface area contributed by atoms with Crippen molar-refractivity contribution in [2.75, 3.05) is 5.32 Å². The highest BCUT2D eigenvalue weighted by Crippen LogP contribution is 2.42. The molecule has 4 aromatic rings. The number of rotatable bonds is 7. The molecule has 0 aliphatic heterocycles. The predicted molar refractivity (Wildman–Crippen MR) is 126 cm³/mol. The van der Waals surface area contributed by atoms with E-state index in [0.29, 0.717) is 4.80 Å². The van der Waals surface area contributed by atoms with Gasteiger partial charge in [-0.25, -0.2) is 9.67 Å². The van der Waals surface area contributed by atoms with E-state index in [2.05, 4.69) is 30.8 Å². The number of benzene rings is 1. The number of hydrogen-bond acceptors (Lipinski definition) is 7. The lowest BCUT2D eigenvalue weighted by atomic mass is 10.1. The lowest BCUT2D eigenvalue weighted by molar-refractivity contribution is -0.292. The second-order valence-corrected chi connectivity index (χ2v) is 8.84. The summed E-state index contributed by atoms with van der Waals surface area (Å²) in [4.78, 5) is 29.6. The summed E-state index contributed by atoms with van der Waals surface area (Å²) in [7, 11) is 0. The topological polar surface area (TPSA) is 146 Å². The summed E-state index contributed by atoms with van der Waals surface area (Å²) in [5, 5.41) is 15.6. The van der Waals surface area contributed by atoms with Gasteiger partial charge in [-0.15, -0.1) is 10.2 Å². The Kier molecular flexibility index (Phi) is 7.46. The van der Waals surface area contributed by atoms with Gasteiger partial charge in [-0.2, -0.15) is 31.8 Å². The van der Waals surface area contributed by atoms with Gasteiger partial charge in [-0.1, -0.05) is 34.8 Å². The van der Waals surface area contributed by atoms with E-state index in [9.17, 15) is 31.5 Å². The Hall–Kier alpha value is -3.89. The fourth-order valence-electron chi connectivity index (χ4n) is 3.14. The summed E-state index contributed by atoms with van der Waals surface area (Å²) in [6, 6.07) is 6.46. The molecule has 0 unspecified atom stereocenters. The molecular formula is C20H11Cl3F5N9O2. The number of alkyl halides is 5. The monoisotopic (exact) mass is 609 g/mol. The molecule has 0 saturated carbocycles. The van der Waals surface area contributed by atoms with Crippen molar-refractivity contribution < 1.29 is 31.5 Å². The highest BCUT2D eigenvalue weighted by Gasteiger charge is 2.62. The van der Waals surface area contributed by atoms with Crippen LogP contribution in [0.2, 0.25) is 15.1 Å². The number of halogens is 8. The number of carbonyl (C=O) groups excluding carboxylic acids is 2. The summed E-state index contributed by atoms with van der Waals surface area (Å²) >= 11 is 18.2. The molecule has 39 heavy (non-hydrogen) atoms. The third-order valence-electron chi connectivity index (χ3n) is 4.88. The summed E-state index contributed by atoms with van der Waals surface area (Å²) in [6.45, 7) is -0.590. The fraction of sp³-hybridized carbons (Fsp3) is 0.150. The van der Waals surface area contributed by atoms with Gasteiger partial charge in [0.1, 0.15) is 12.2 Å². The number of amides is 2. The number of tetrazole rings is 1. The average Bonchev–Trinajstić information content (AvgIpc) is 3.48. The van der Waals surface area contributed by atoms with Gasteiger partial charge in [0.25, 0.3) is 17.6 Å². The predicted octanol–water partition coefficient (Wildman–Crippen LogP) is 4.27. The van der Waals surface area contributed by atoms with E-state index in [4.69, 9.17) is 40.5 Å². The molecule has 2 amide bonds. The maximum absolute atomic E-state index is 13.6. The van der Waals surface area contributed by atoms with Crippen molar-refractivity contribution in [1.29, 1.82) is 0 Å². The van der Waals surface area contributed by atoms with Gasteiger partial charge in [0.15, 0.2) is 5.82 Å². The molecule has 0 fully saturated rings. The molecule has 0 bridgehead atoms. The van der Waals surface area contributed by atoms with Gasteiger partial charge in [-0.05, 0) is 35.5 Å². The van der Waals surface area contributed by atoms with Crippen LogP contribution < -0.4 is 11.1 Å². The van der Waals surface area contributed by atoms with E-state index in [1.807, 2.05) is 0 Å². The van der Waals surface area contributed by atoms with Gasteiger partial charge < -0.3 is 11.1 Å². The second-order valence-electron chi connectivity index (χ2n) is 7.59. The number of aromatic nitrogens is 7. The maximum Gasteiger partial charge on any atom is 0.461 e. The van der Waals surface area contributed by atoms with Crippen molar-refractivity contribution >= 4 is 52.3 Å². The highest BCUT2D eigenvalue weighted by atomic mass is 35.5. The smallest absolute Gasteiger partial charge is 0.366 e. The third kappa shape index (κ3) is 5.62. The second kappa shape index (κ2) is 10.3. The van der Waals surface area contributed by atoms with Gasteiger partial charge in [-0.3, -0.25) is 9.59 Å². The molecule has 0 aliphatic carbocycles. The Bertz CT molecular complexity index is 1590. The number of anilines is 1. The Morgan fingerprint density at radius 1 is 1.03 bits per heavy atom. The number of nitrogens with zero attached hydrogens (tertiary/aromatic N) is 7. The van der Waals surface area contributed by atoms with Crippen LogP contribution in [-0.4, -0.2) is 53.0 Å². The third-order valence-corrected chi connectivity index (χ3v) is 5.70. The van der Waals surface area contributed by atoms with E-state index >= 15 is 0 Å². The first-order valence-electron chi connectivity index (χ1n) is 10.2. The zero-order valence-corrected chi connectivity index (χ0v) is 21.0. The zero-order chi connectivity index (χ0) is 28.7. The molecule has 0 radical (unpaired) electrons. The molecule has 3 aromatic heterocycles. The van der Waals surface area contributed by atoms with Crippen LogP contribution >= 0.6 is 34.8 Å². The van der Waals surface area contributed by atoms with Crippen LogP contribution in [0.3, 0.4) is 0 Å². The van der Waals surface area contributed by atoms with Gasteiger partial charge in [0.2, 0.25) is 0 Å². The van der Waals surface area contributed by atoms with Crippen molar-refractivity contribution in [3.63, 3.8) is 0 Å². The van der Waals surface area contributed by atoms with E-state index < -0.39 is 36.3 Å². The fourth-order valence-corrected chi connectivity index (χ4v) is 3.89. The van der Waals surface area contributed by atoms with Crippen LogP contribution in [0.25, 0.3) is 5.82 Å². The molecule has 0 atom stereocenters. The molecule has 1 aromatic carbocycles. The molecule has 11 nitrogen and oxygen atoms in total. The minimum atomic E-state index is -5.95. The van der Waals surface area contributed by atoms with Crippen LogP contribution in [-0.2, 0) is 12.5 Å². The van der Waals surface area contributed by atoms with Crippen LogP contribution in [0.4, 0.5) is 27.6 Å². The standard InChI is InChI=1S/C20H11Cl3F5N9O2/c21-8-4-10(15(29)38)14(12(23)5-8)31-17(39)13-6-9(33-37(13)16-11(22)2-1-3-30-16)7-36-34-18(32-35-36)19(24,25)20(26,27)28/h1-6H,7H2,(H2,29,38)(H,31,39). The van der Waals surface area contributed by atoms with Gasteiger partial charge in [0.05, 0.1) is 27.0 Å². The lowest BCUT2D eigenvalue weighted by Crippen LogP contribution is -2.35. The normalized spacial score (nSPS) is 12.0. The number of hydrogen-bond donors (Lipinski definition) is 2. The van der Waals surface area contributed by atoms with Gasteiger partial charge >= 0.3 is 12.1 Å². The average molecular weight is 611 g/mol.